The van der Waals surface area contributed by atoms with Gasteiger partial charge in [-0.1, -0.05) is 117 Å². The second-order valence-corrected chi connectivity index (χ2v) is 37.8. The normalized spacial score (nSPS) is 12.0. The number of nitro benzene ring substituents is 1. The van der Waals surface area contributed by atoms with Crippen LogP contribution in [0, 0.1) is 61.5 Å². The molecule has 0 saturated heterocycles. The second-order valence-electron chi connectivity index (χ2n) is 34.2. The van der Waals surface area contributed by atoms with Gasteiger partial charge in [0.1, 0.15) is 5.69 Å². The first-order valence-electron chi connectivity index (χ1n) is 46.4. The first-order valence-corrected chi connectivity index (χ1v) is 49.6. The predicted octanol–water partition coefficient (Wildman–Crippen LogP) is 21.0. The zero-order valence-electron chi connectivity index (χ0n) is 81.9. The SMILES string of the molecule is CC[C@H](CCCOc1c(-c2cc(C(=O)O)cc(C)n2)cnn1C)Cn1c(N)nc2ccc(Br)cc21.CC[C@H](CCCOc1c(-c2cc(C(=O)OC)cc(C)n2)cnn1C)CNc1cc(Br)ccc1N.CC[C@H](CCCOc1c(-c2cc(C(=O)OC)cc(C)n2)cnn1C)CNc1cc(Br)ccc1[N+](=O)[O-].CC[C@H](CCCOc1c(-c2cc(C(=O)OC)cc(C)n2)cnn1C)Cn1c(N)nc2ccc(Br)cc21. The van der Waals surface area contributed by atoms with Crippen molar-refractivity contribution in [2.45, 2.75) is 146 Å². The number of nitrogen functional groups attached to an aromatic ring is 3. The van der Waals surface area contributed by atoms with E-state index >= 15 is 0 Å². The number of benzene rings is 4. The minimum Gasteiger partial charge on any atom is -0.478 e. The number of nitrogens with one attached hydrogen (secondary N) is 2. The van der Waals surface area contributed by atoms with Gasteiger partial charge in [0, 0.05) is 101 Å². The van der Waals surface area contributed by atoms with Gasteiger partial charge in [-0.2, -0.15) is 20.4 Å². The van der Waals surface area contributed by atoms with Crippen LogP contribution in [0.4, 0.5) is 34.6 Å². The molecule has 36 nitrogen and oxygen atoms in total. The molecule has 0 bridgehead atoms. The number of aromatic carboxylic acids is 1. The molecule has 14 aromatic rings. The fraction of sp³-hybridized carbons (Fsp3) is 0.386. The van der Waals surface area contributed by atoms with Gasteiger partial charge < -0.3 is 75.2 Å². The molecule has 0 unspecified atom stereocenters. The van der Waals surface area contributed by atoms with E-state index in [0.29, 0.717) is 165 Å². The minimum atomic E-state index is -0.993. The number of nitrogens with zero attached hydrogens (tertiary/aromatic N) is 17. The smallest absolute Gasteiger partial charge is 0.337 e. The third-order valence-electron chi connectivity index (χ3n) is 24.0. The van der Waals surface area contributed by atoms with E-state index in [1.165, 1.54) is 27.4 Å². The minimum absolute atomic E-state index is 0.0558. The Morgan fingerprint density at radius 3 is 1.04 bits per heavy atom. The highest BCUT2D eigenvalue weighted by Gasteiger charge is 2.26. The number of nitro groups is 1. The van der Waals surface area contributed by atoms with Crippen LogP contribution in [0.5, 0.6) is 23.5 Å². The monoisotopic (exact) mass is 2180 g/mol. The number of rotatable bonds is 43. The molecule has 0 aliphatic heterocycles. The van der Waals surface area contributed by atoms with Crippen LogP contribution in [0.25, 0.3) is 67.1 Å². The molecular formula is C101H122Br4N22O14. The standard InChI is InChI=1S/C26H31BrN6O3.C25H29BrN6O3.C25H30BrN5O5.C25H32BrN5O3/c1-5-17(15-33-23-13-19(27)8-9-21(23)31-26(33)28)7-6-10-36-24-20(14-29-32(24)3)22-12-18(25(34)35-4)11-16(2)30-22;1-4-16(14-32-22-12-18(26)7-8-20(22)30-25(32)27)6-5-9-35-23-19(13-28-31(23)3)21-11-17(24(33)34)10-15(2)29-21;1-5-17(14-27-22-13-19(26)8-9-23(22)31(33)34)7-6-10-36-24-20(15-28-30(24)3)21-12-18(25(32)35-4)11-16(2)29-21;1-5-17(14-28-23-13-19(26)8-9-21(23)27)7-6-10-34-24-20(15-29-31(24)3)22-12-18(25(32)33-4)11-16(2)30-22/h8-9,11-14,17H,5-7,10,15H2,1-4H3,(H2,28,31);7-8,10-13,16H,4-6,9,14H2,1-3H3,(H2,27,30)(H,33,34);8-9,11-13,15,17,27H,5-7,10,14H2,1-4H3;8-9,11-13,15,17,28H,5-7,10,14,27H2,1-4H3/t17-;16-;2*17-/m1111/s1. The highest BCUT2D eigenvalue weighted by Crippen LogP contribution is 2.38. The zero-order valence-corrected chi connectivity index (χ0v) is 88.3. The number of carbonyl (C=O) groups excluding carboxylic acids is 3. The Labute approximate surface area is 852 Å². The molecule has 0 radical (unpaired) electrons. The Hall–Kier alpha value is -13.3. The molecule has 0 fully saturated rings. The maximum absolute atomic E-state index is 12.0. The van der Waals surface area contributed by atoms with Gasteiger partial charge in [0.25, 0.3) is 5.69 Å². The third-order valence-corrected chi connectivity index (χ3v) is 25.9. The molecular weight excluding hydrogens is 2060 g/mol. The number of hydrogen-bond acceptors (Lipinski definition) is 28. The summed E-state index contributed by atoms with van der Waals surface area (Å²) in [6.45, 7) is 21.0. The number of halogens is 4. The summed E-state index contributed by atoms with van der Waals surface area (Å²) >= 11 is 13.9. The van der Waals surface area contributed by atoms with Gasteiger partial charge in [-0.3, -0.25) is 30.1 Å². The Kier molecular flexibility index (Phi) is 39.6. The van der Waals surface area contributed by atoms with Crippen molar-refractivity contribution in [3.05, 3.63) is 219 Å². The number of methoxy groups -OCH3 is 3. The number of hydrogen-bond donors (Lipinski definition) is 6. The molecule has 0 spiro atoms. The van der Waals surface area contributed by atoms with Gasteiger partial charge >= 0.3 is 23.9 Å². The molecule has 40 heteroatoms. The molecule has 10 heterocycles. The second kappa shape index (κ2) is 51.7. The molecule has 0 aliphatic carbocycles. The Bertz CT molecular complexity index is 6670. The molecule has 9 N–H and O–H groups in total. The maximum atomic E-state index is 12.0. The van der Waals surface area contributed by atoms with Crippen molar-refractivity contribution in [3.63, 3.8) is 0 Å². The first kappa shape index (κ1) is 108. The van der Waals surface area contributed by atoms with Gasteiger partial charge in [-0.15, -0.1) is 0 Å². The van der Waals surface area contributed by atoms with Crippen molar-refractivity contribution in [3.8, 4) is 68.5 Å². The lowest BCUT2D eigenvalue weighted by Crippen LogP contribution is -2.16. The predicted molar refractivity (Wildman–Crippen MR) is 560 cm³/mol. The lowest BCUT2D eigenvalue weighted by Gasteiger charge is -2.18. The third kappa shape index (κ3) is 29.4. The fourth-order valence-corrected chi connectivity index (χ4v) is 17.6. The number of aryl methyl sites for hydroxylation is 8. The van der Waals surface area contributed by atoms with Gasteiger partial charge in [0.05, 0.1) is 178 Å². The number of fused-ring (bicyclic) bond motifs is 2. The quantitative estimate of drug-likeness (QED) is 0.00516. The van der Waals surface area contributed by atoms with E-state index in [0.717, 1.165) is 165 Å². The fourth-order valence-electron chi connectivity index (χ4n) is 16.2. The number of imidazole rings is 2. The summed E-state index contributed by atoms with van der Waals surface area (Å²) in [4.78, 5) is 85.6. The van der Waals surface area contributed by atoms with E-state index in [1.807, 2.05) is 83.4 Å². The molecule has 0 aliphatic rings. The van der Waals surface area contributed by atoms with Crippen molar-refractivity contribution in [1.29, 1.82) is 0 Å². The van der Waals surface area contributed by atoms with E-state index in [-0.39, 0.29) is 16.2 Å². The topological polar surface area (TPSA) is 457 Å². The van der Waals surface area contributed by atoms with Crippen molar-refractivity contribution in [1.82, 2.24) is 78.2 Å². The van der Waals surface area contributed by atoms with Crippen LogP contribution in [0.3, 0.4) is 0 Å². The van der Waals surface area contributed by atoms with E-state index in [1.54, 1.807) is 125 Å². The van der Waals surface area contributed by atoms with Crippen molar-refractivity contribution < 1.29 is 62.4 Å². The summed E-state index contributed by atoms with van der Waals surface area (Å²) in [5.74, 6) is 2.88. The van der Waals surface area contributed by atoms with E-state index in [2.05, 4.69) is 168 Å². The average Bonchev–Trinajstić information content (AvgIpc) is 1.65. The summed E-state index contributed by atoms with van der Waals surface area (Å²) in [6, 6.07) is 35.9. The van der Waals surface area contributed by atoms with E-state index in [9.17, 15) is 34.4 Å². The molecule has 14 rings (SSSR count). The maximum Gasteiger partial charge on any atom is 0.337 e. The Balaban J connectivity index is 0.000000180. The highest BCUT2D eigenvalue weighted by atomic mass is 79.9. The van der Waals surface area contributed by atoms with Crippen LogP contribution in [0.1, 0.15) is 169 Å². The van der Waals surface area contributed by atoms with Crippen LogP contribution in [-0.2, 0) is 55.5 Å². The number of ether oxygens (including phenoxy) is 7. The number of pyridine rings is 4. The summed E-state index contributed by atoms with van der Waals surface area (Å²) in [6.07, 6.45) is 18.0. The molecule has 4 aromatic carbocycles. The lowest BCUT2D eigenvalue weighted by molar-refractivity contribution is -0.384. The molecule has 748 valence electrons. The van der Waals surface area contributed by atoms with Gasteiger partial charge in [0.2, 0.25) is 35.4 Å². The van der Waals surface area contributed by atoms with Crippen LogP contribution < -0.4 is 46.8 Å². The summed E-state index contributed by atoms with van der Waals surface area (Å²) in [5, 5.41) is 44.7. The number of carbonyl (C=O) groups is 4. The van der Waals surface area contributed by atoms with Crippen LogP contribution in [0.2, 0.25) is 0 Å². The number of carboxylic acid groups (broad SMARTS) is 1. The summed E-state index contributed by atoms with van der Waals surface area (Å²) in [7, 11) is 11.3. The van der Waals surface area contributed by atoms with Crippen LogP contribution >= 0.6 is 63.7 Å². The molecule has 4 atom stereocenters. The van der Waals surface area contributed by atoms with Crippen molar-refractivity contribution >= 4 is 144 Å². The van der Waals surface area contributed by atoms with Gasteiger partial charge in [0.15, 0.2) is 0 Å². The average molecular weight is 2190 g/mol. The van der Waals surface area contributed by atoms with Crippen LogP contribution in [0.15, 0.2) is 164 Å². The Morgan fingerprint density at radius 2 is 0.709 bits per heavy atom. The van der Waals surface area contributed by atoms with Gasteiger partial charge in [-0.25, -0.2) is 47.9 Å². The molecule has 0 amide bonds. The summed E-state index contributed by atoms with van der Waals surface area (Å²) in [5.41, 5.74) is 34.1. The highest BCUT2D eigenvalue weighted by molar-refractivity contribution is 9.11. The van der Waals surface area contributed by atoms with Crippen molar-refractivity contribution in [2.75, 3.05) is 88.7 Å². The lowest BCUT2D eigenvalue weighted by atomic mass is 10.0. The Morgan fingerprint density at radius 1 is 0.411 bits per heavy atom. The van der Waals surface area contributed by atoms with E-state index < -0.39 is 23.9 Å². The number of nitrogens with two attached hydrogens (primary N) is 3. The largest absolute Gasteiger partial charge is 0.478 e. The number of esters is 3. The van der Waals surface area contributed by atoms with Crippen molar-refractivity contribution in [2.24, 2.45) is 51.9 Å². The van der Waals surface area contributed by atoms with E-state index in [4.69, 9.17) is 50.4 Å². The number of aromatic nitrogens is 16. The summed E-state index contributed by atoms with van der Waals surface area (Å²) < 4.78 is 53.7. The van der Waals surface area contributed by atoms with Crippen LogP contribution in [-0.4, -0.2) is 173 Å². The number of carboxylic acids is 1. The first-order chi connectivity index (χ1) is 67.6. The number of anilines is 5. The van der Waals surface area contributed by atoms with Gasteiger partial charge in [-0.05, 0) is 218 Å². The molecule has 141 heavy (non-hydrogen) atoms. The zero-order chi connectivity index (χ0) is 102. The molecule has 0 saturated carbocycles. The molecule has 10 aromatic heterocycles.